The number of aryl methyl sites for hydroxylation is 1. The maximum Gasteiger partial charge on any atom is 0.221 e. The first-order chi connectivity index (χ1) is 9.54. The van der Waals surface area contributed by atoms with Gasteiger partial charge in [0.25, 0.3) is 0 Å². The molecule has 0 saturated carbocycles. The quantitative estimate of drug-likeness (QED) is 0.647. The van der Waals surface area contributed by atoms with E-state index in [1.165, 1.54) is 0 Å². The van der Waals surface area contributed by atoms with E-state index in [0.717, 1.165) is 31.6 Å². The molecule has 114 valence electrons. The van der Waals surface area contributed by atoms with Crippen LogP contribution in [-0.4, -0.2) is 33.4 Å². The lowest BCUT2D eigenvalue weighted by molar-refractivity contribution is 0.0837. The van der Waals surface area contributed by atoms with Crippen LogP contribution in [-0.2, 0) is 13.6 Å². The lowest BCUT2D eigenvalue weighted by Crippen LogP contribution is -2.35. The molecule has 1 heterocycles. The molecule has 1 aromatic carbocycles. The van der Waals surface area contributed by atoms with Crippen LogP contribution < -0.4 is 4.72 Å². The van der Waals surface area contributed by atoms with Crippen molar-refractivity contribution in [2.45, 2.75) is 37.6 Å². The van der Waals surface area contributed by atoms with Gasteiger partial charge in [-0.05, 0) is 37.7 Å². The minimum atomic E-state index is -3.25. The zero-order chi connectivity index (χ0) is 14.6. The Hall–Kier alpha value is -0.560. The zero-order valence-electron chi connectivity index (χ0n) is 12.0. The highest BCUT2D eigenvalue weighted by Gasteiger charge is 2.25. The van der Waals surface area contributed by atoms with E-state index >= 15 is 0 Å². The smallest absolute Gasteiger partial charge is 0.221 e. The van der Waals surface area contributed by atoms with Gasteiger partial charge in [0.15, 0.2) is 0 Å². The van der Waals surface area contributed by atoms with E-state index in [0.29, 0.717) is 10.6 Å². The number of benzene rings is 1. The van der Waals surface area contributed by atoms with Crippen LogP contribution in [0.5, 0.6) is 0 Å². The highest BCUT2D eigenvalue weighted by Crippen LogP contribution is 2.36. The first-order valence-corrected chi connectivity index (χ1v) is 10.6. The van der Waals surface area contributed by atoms with Crippen LogP contribution in [0.25, 0.3) is 0 Å². The summed E-state index contributed by atoms with van der Waals surface area (Å²) < 4.78 is 34.0. The third-order valence-corrected chi connectivity index (χ3v) is 9.58. The summed E-state index contributed by atoms with van der Waals surface area (Å²) >= 11 is 0. The first kappa shape index (κ1) is 15.8. The molecule has 6 heteroatoms. The van der Waals surface area contributed by atoms with Gasteiger partial charge in [-0.15, -0.1) is 0 Å². The van der Waals surface area contributed by atoms with E-state index in [9.17, 15) is 8.42 Å². The molecule has 0 aromatic heterocycles. The van der Waals surface area contributed by atoms with Crippen LogP contribution in [0.15, 0.2) is 29.2 Å². The van der Waals surface area contributed by atoms with Gasteiger partial charge in [-0.3, -0.25) is 4.72 Å². The van der Waals surface area contributed by atoms with E-state index < -0.39 is 19.0 Å². The molecule has 1 N–H and O–H groups in total. The molecule has 1 aromatic rings. The standard InChI is InChI=1S/C14H23NO3S2/c1-3-19(15-13-8-10-18-11-9-13)20(16,17)14-6-4-12(2)5-7-14/h4-7,13,15,19H,3,8-11H2,1-2H3. The van der Waals surface area contributed by atoms with Gasteiger partial charge in [-0.1, -0.05) is 34.7 Å². The second-order valence-electron chi connectivity index (χ2n) is 5.00. The molecule has 1 atom stereocenters. The fourth-order valence-corrected chi connectivity index (χ4v) is 7.27. The molecule has 0 aliphatic carbocycles. The molecule has 1 fully saturated rings. The van der Waals surface area contributed by atoms with Crippen molar-refractivity contribution < 1.29 is 13.2 Å². The summed E-state index contributed by atoms with van der Waals surface area (Å²) in [6.07, 6.45) is 1.78. The molecule has 1 aliphatic heterocycles. The summed E-state index contributed by atoms with van der Waals surface area (Å²) in [5.74, 6) is 0.628. The molecule has 1 saturated heterocycles. The van der Waals surface area contributed by atoms with Crippen molar-refractivity contribution in [2.75, 3.05) is 19.0 Å². The van der Waals surface area contributed by atoms with E-state index in [1.54, 1.807) is 12.1 Å². The second-order valence-corrected chi connectivity index (χ2v) is 10.8. The number of hydrogen-bond donors (Lipinski definition) is 2. The van der Waals surface area contributed by atoms with Crippen LogP contribution in [0.2, 0.25) is 0 Å². The Morgan fingerprint density at radius 2 is 1.85 bits per heavy atom. The average Bonchev–Trinajstić information content (AvgIpc) is 2.46. The lowest BCUT2D eigenvalue weighted by Gasteiger charge is -2.30. The number of nitrogens with one attached hydrogen (secondary N) is 1. The molecular weight excluding hydrogens is 294 g/mol. The molecular formula is C14H23NO3S2. The molecule has 0 amide bonds. The van der Waals surface area contributed by atoms with Gasteiger partial charge in [-0.25, -0.2) is 8.42 Å². The SMILES string of the molecule is CC[SH](NC1CCOCC1)S(=O)(=O)c1ccc(C)cc1. The summed E-state index contributed by atoms with van der Waals surface area (Å²) in [6.45, 7) is 5.33. The fourth-order valence-electron chi connectivity index (χ4n) is 2.20. The van der Waals surface area contributed by atoms with Crippen LogP contribution in [0.1, 0.15) is 25.3 Å². The number of thiol groups is 1. The minimum absolute atomic E-state index is 0.259. The topological polar surface area (TPSA) is 55.4 Å². The average molecular weight is 317 g/mol. The number of hydrogen-bond acceptors (Lipinski definition) is 4. The maximum absolute atomic E-state index is 12.7. The molecule has 1 unspecified atom stereocenters. The fraction of sp³-hybridized carbons (Fsp3) is 0.571. The van der Waals surface area contributed by atoms with E-state index in [4.69, 9.17) is 4.74 Å². The molecule has 4 nitrogen and oxygen atoms in total. The zero-order valence-corrected chi connectivity index (χ0v) is 13.7. The van der Waals surface area contributed by atoms with Gasteiger partial charge >= 0.3 is 0 Å². The van der Waals surface area contributed by atoms with Gasteiger partial charge in [0, 0.05) is 19.3 Å². The normalized spacial score (nSPS) is 19.8. The summed E-state index contributed by atoms with van der Waals surface area (Å²) in [6, 6.07) is 7.38. The Morgan fingerprint density at radius 3 is 2.40 bits per heavy atom. The Labute approximate surface area is 123 Å². The molecule has 0 radical (unpaired) electrons. The van der Waals surface area contributed by atoms with Crippen LogP contribution in [0.3, 0.4) is 0 Å². The molecule has 20 heavy (non-hydrogen) atoms. The van der Waals surface area contributed by atoms with Gasteiger partial charge in [0.2, 0.25) is 8.87 Å². The summed E-state index contributed by atoms with van der Waals surface area (Å²) in [5.41, 5.74) is 1.07. The monoisotopic (exact) mass is 317 g/mol. The van der Waals surface area contributed by atoms with Gasteiger partial charge in [0.05, 0.1) is 4.90 Å². The third kappa shape index (κ3) is 3.75. The van der Waals surface area contributed by atoms with Crippen molar-refractivity contribution in [1.29, 1.82) is 0 Å². The maximum atomic E-state index is 12.7. The van der Waals surface area contributed by atoms with Gasteiger partial charge in [-0.2, -0.15) is 0 Å². The third-order valence-electron chi connectivity index (χ3n) is 3.44. The van der Waals surface area contributed by atoms with Crippen LogP contribution in [0, 0.1) is 6.92 Å². The molecule has 0 spiro atoms. The van der Waals surface area contributed by atoms with E-state index in [-0.39, 0.29) is 6.04 Å². The summed E-state index contributed by atoms with van der Waals surface area (Å²) in [4.78, 5) is 0.427. The van der Waals surface area contributed by atoms with Crippen molar-refractivity contribution in [1.82, 2.24) is 4.72 Å². The van der Waals surface area contributed by atoms with Crippen molar-refractivity contribution in [3.8, 4) is 0 Å². The first-order valence-electron chi connectivity index (χ1n) is 6.97. The summed E-state index contributed by atoms with van der Waals surface area (Å²) in [7, 11) is -4.50. The largest absolute Gasteiger partial charge is 0.381 e. The van der Waals surface area contributed by atoms with Crippen molar-refractivity contribution in [2.24, 2.45) is 0 Å². The Morgan fingerprint density at radius 1 is 1.25 bits per heavy atom. The highest BCUT2D eigenvalue weighted by atomic mass is 33.2. The Balaban J connectivity index is 2.14. The molecule has 0 bridgehead atoms. The molecule has 2 rings (SSSR count). The van der Waals surface area contributed by atoms with Gasteiger partial charge in [0.1, 0.15) is 0 Å². The number of rotatable bonds is 5. The second kappa shape index (κ2) is 6.93. The Kier molecular flexibility index (Phi) is 5.49. The molecule has 1 aliphatic rings. The van der Waals surface area contributed by atoms with Crippen LogP contribution >= 0.6 is 10.1 Å². The predicted octanol–water partition coefficient (Wildman–Crippen LogP) is 2.39. The summed E-state index contributed by atoms with van der Waals surface area (Å²) in [5, 5.41) is 0. The highest BCUT2D eigenvalue weighted by molar-refractivity contribution is 8.80. The van der Waals surface area contributed by atoms with Gasteiger partial charge < -0.3 is 4.74 Å². The van der Waals surface area contributed by atoms with Crippen LogP contribution in [0.4, 0.5) is 0 Å². The Bertz CT molecular complexity index is 522. The van der Waals surface area contributed by atoms with E-state index in [2.05, 4.69) is 4.72 Å². The van der Waals surface area contributed by atoms with Crippen molar-refractivity contribution >= 4 is 19.0 Å². The van der Waals surface area contributed by atoms with Crippen molar-refractivity contribution in [3.05, 3.63) is 29.8 Å². The number of ether oxygens (including phenoxy) is 1. The minimum Gasteiger partial charge on any atom is -0.381 e. The van der Waals surface area contributed by atoms with E-state index in [1.807, 2.05) is 26.0 Å². The lowest BCUT2D eigenvalue weighted by atomic mass is 10.1. The predicted molar refractivity (Wildman–Crippen MR) is 84.9 cm³/mol. The van der Waals surface area contributed by atoms with Crippen molar-refractivity contribution in [3.63, 3.8) is 0 Å².